The van der Waals surface area contributed by atoms with Crippen molar-refractivity contribution in [3.8, 4) is 5.75 Å². The average Bonchev–Trinajstić information content (AvgIpc) is 2.72. The van der Waals surface area contributed by atoms with Crippen LogP contribution in [0.2, 0.25) is 0 Å². The molecule has 0 radical (unpaired) electrons. The van der Waals surface area contributed by atoms with E-state index in [1.165, 1.54) is 0 Å². The molecule has 0 spiro atoms. The number of hydrogen-bond donors (Lipinski definition) is 1. The van der Waals surface area contributed by atoms with Crippen molar-refractivity contribution in [2.45, 2.75) is 45.4 Å². The van der Waals surface area contributed by atoms with Crippen molar-refractivity contribution in [2.24, 2.45) is 5.73 Å². The van der Waals surface area contributed by atoms with Gasteiger partial charge in [0.25, 0.3) is 0 Å². The van der Waals surface area contributed by atoms with Gasteiger partial charge in [-0.2, -0.15) is 5.10 Å². The van der Waals surface area contributed by atoms with Crippen LogP contribution in [0.15, 0.2) is 6.20 Å². The van der Waals surface area contributed by atoms with Crippen LogP contribution in [-0.2, 0) is 11.3 Å². The van der Waals surface area contributed by atoms with Crippen molar-refractivity contribution in [2.75, 3.05) is 14.2 Å². The average molecular weight is 241 g/mol. The molecule has 1 aromatic heterocycles. The monoisotopic (exact) mass is 241 g/mol. The second-order valence-electron chi connectivity index (χ2n) is 4.21. The molecule has 0 amide bonds. The molecule has 0 saturated carbocycles. The van der Waals surface area contributed by atoms with Crippen LogP contribution in [0.3, 0.4) is 0 Å². The molecular formula is C12H23N3O2. The smallest absolute Gasteiger partial charge is 0.161 e. The third-order valence-electron chi connectivity index (χ3n) is 2.84. The molecule has 5 heteroatoms. The van der Waals surface area contributed by atoms with E-state index in [2.05, 4.69) is 12.0 Å². The molecule has 0 saturated heterocycles. The molecule has 0 bridgehead atoms. The fourth-order valence-electron chi connectivity index (χ4n) is 1.86. The molecule has 0 aliphatic heterocycles. The number of aromatic nitrogens is 2. The first-order chi connectivity index (χ1) is 8.13. The predicted octanol–water partition coefficient (Wildman–Crippen LogP) is 1.73. The minimum absolute atomic E-state index is 0.117. The van der Waals surface area contributed by atoms with Gasteiger partial charge in [0.05, 0.1) is 31.1 Å². The lowest BCUT2D eigenvalue weighted by Crippen LogP contribution is -2.22. The van der Waals surface area contributed by atoms with Crippen LogP contribution in [-0.4, -0.2) is 30.1 Å². The molecule has 1 heterocycles. The number of hydrogen-bond acceptors (Lipinski definition) is 4. The van der Waals surface area contributed by atoms with Crippen LogP contribution in [0.25, 0.3) is 0 Å². The van der Waals surface area contributed by atoms with E-state index in [1.54, 1.807) is 20.4 Å². The first-order valence-corrected chi connectivity index (χ1v) is 6.02. The Morgan fingerprint density at radius 1 is 1.47 bits per heavy atom. The number of nitrogens with two attached hydrogens (primary N) is 1. The molecule has 1 rings (SSSR count). The van der Waals surface area contributed by atoms with E-state index in [0.717, 1.165) is 30.8 Å². The zero-order valence-electron chi connectivity index (χ0n) is 11.1. The van der Waals surface area contributed by atoms with Gasteiger partial charge in [-0.05, 0) is 19.8 Å². The third-order valence-corrected chi connectivity index (χ3v) is 2.84. The Balaban J connectivity index is 2.88. The van der Waals surface area contributed by atoms with Crippen molar-refractivity contribution in [1.29, 1.82) is 0 Å². The largest absolute Gasteiger partial charge is 0.493 e. The standard InChI is InChI=1S/C12H23N3O2/c1-5-6-15-12(11(17-4)8-14-15)10(13)7-9(2)16-3/h8-10H,5-7,13H2,1-4H3. The lowest BCUT2D eigenvalue weighted by atomic mass is 10.1. The molecule has 2 N–H and O–H groups in total. The van der Waals surface area contributed by atoms with E-state index in [1.807, 2.05) is 11.6 Å². The van der Waals surface area contributed by atoms with Crippen molar-refractivity contribution in [1.82, 2.24) is 9.78 Å². The lowest BCUT2D eigenvalue weighted by Gasteiger charge is -2.18. The summed E-state index contributed by atoms with van der Waals surface area (Å²) >= 11 is 0. The summed E-state index contributed by atoms with van der Waals surface area (Å²) in [6.07, 6.45) is 3.62. The van der Waals surface area contributed by atoms with E-state index >= 15 is 0 Å². The maximum absolute atomic E-state index is 6.20. The number of nitrogens with zero attached hydrogens (tertiary/aromatic N) is 2. The molecule has 17 heavy (non-hydrogen) atoms. The highest BCUT2D eigenvalue weighted by molar-refractivity contribution is 5.28. The number of rotatable bonds is 7. The SMILES string of the molecule is CCCn1ncc(OC)c1C(N)CC(C)OC. The summed E-state index contributed by atoms with van der Waals surface area (Å²) in [7, 11) is 3.33. The van der Waals surface area contributed by atoms with E-state index in [-0.39, 0.29) is 12.1 Å². The van der Waals surface area contributed by atoms with Gasteiger partial charge in [0.2, 0.25) is 0 Å². The molecule has 2 atom stereocenters. The highest BCUT2D eigenvalue weighted by Crippen LogP contribution is 2.26. The zero-order valence-corrected chi connectivity index (χ0v) is 11.1. The number of ether oxygens (including phenoxy) is 2. The number of aryl methyl sites for hydroxylation is 1. The molecule has 0 aliphatic rings. The Morgan fingerprint density at radius 2 is 2.18 bits per heavy atom. The summed E-state index contributed by atoms with van der Waals surface area (Å²) in [5, 5.41) is 4.30. The van der Waals surface area contributed by atoms with Crippen molar-refractivity contribution in [3.05, 3.63) is 11.9 Å². The van der Waals surface area contributed by atoms with Crippen LogP contribution < -0.4 is 10.5 Å². The van der Waals surface area contributed by atoms with E-state index in [4.69, 9.17) is 15.2 Å². The lowest BCUT2D eigenvalue weighted by molar-refractivity contribution is 0.103. The normalized spacial score (nSPS) is 14.6. The Bertz CT molecular complexity index is 338. The fraction of sp³-hybridized carbons (Fsp3) is 0.750. The highest BCUT2D eigenvalue weighted by atomic mass is 16.5. The summed E-state index contributed by atoms with van der Waals surface area (Å²) in [6, 6.07) is -0.117. The summed E-state index contributed by atoms with van der Waals surface area (Å²) in [5.41, 5.74) is 7.16. The fourth-order valence-corrected chi connectivity index (χ4v) is 1.86. The molecule has 5 nitrogen and oxygen atoms in total. The summed E-state index contributed by atoms with van der Waals surface area (Å²) < 4.78 is 12.5. The zero-order chi connectivity index (χ0) is 12.8. The van der Waals surface area contributed by atoms with Gasteiger partial charge in [0.15, 0.2) is 5.75 Å². The summed E-state index contributed by atoms with van der Waals surface area (Å²) in [4.78, 5) is 0. The molecule has 0 aromatic carbocycles. The van der Waals surface area contributed by atoms with Crippen LogP contribution >= 0.6 is 0 Å². The van der Waals surface area contributed by atoms with Gasteiger partial charge in [-0.1, -0.05) is 6.92 Å². The Hall–Kier alpha value is -1.07. The second kappa shape index (κ2) is 6.61. The maximum Gasteiger partial charge on any atom is 0.161 e. The van der Waals surface area contributed by atoms with E-state index in [9.17, 15) is 0 Å². The molecule has 98 valence electrons. The van der Waals surface area contributed by atoms with Gasteiger partial charge >= 0.3 is 0 Å². The van der Waals surface area contributed by atoms with Crippen LogP contribution in [0, 0.1) is 0 Å². The van der Waals surface area contributed by atoms with Gasteiger partial charge in [-0.25, -0.2) is 0 Å². The second-order valence-corrected chi connectivity index (χ2v) is 4.21. The van der Waals surface area contributed by atoms with Gasteiger partial charge < -0.3 is 15.2 Å². The first-order valence-electron chi connectivity index (χ1n) is 6.02. The van der Waals surface area contributed by atoms with Crippen LogP contribution in [0.1, 0.15) is 38.4 Å². The Labute approximate surface area is 103 Å². The van der Waals surface area contributed by atoms with Crippen molar-refractivity contribution >= 4 is 0 Å². The van der Waals surface area contributed by atoms with Gasteiger partial charge in [-0.3, -0.25) is 4.68 Å². The molecule has 2 unspecified atom stereocenters. The van der Waals surface area contributed by atoms with Crippen molar-refractivity contribution < 1.29 is 9.47 Å². The van der Waals surface area contributed by atoms with Crippen LogP contribution in [0.4, 0.5) is 0 Å². The molecule has 0 aliphatic carbocycles. The minimum atomic E-state index is -0.117. The third kappa shape index (κ3) is 3.44. The maximum atomic E-state index is 6.20. The first kappa shape index (κ1) is 14.0. The molecular weight excluding hydrogens is 218 g/mol. The topological polar surface area (TPSA) is 62.3 Å². The van der Waals surface area contributed by atoms with Crippen LogP contribution in [0.5, 0.6) is 5.75 Å². The quantitative estimate of drug-likeness (QED) is 0.789. The van der Waals surface area contributed by atoms with Gasteiger partial charge in [0, 0.05) is 13.7 Å². The number of methoxy groups -OCH3 is 2. The van der Waals surface area contributed by atoms with Crippen molar-refractivity contribution in [3.63, 3.8) is 0 Å². The summed E-state index contributed by atoms with van der Waals surface area (Å²) in [5.74, 6) is 0.759. The summed E-state index contributed by atoms with van der Waals surface area (Å²) in [6.45, 7) is 4.97. The minimum Gasteiger partial charge on any atom is -0.493 e. The Kier molecular flexibility index (Phi) is 5.44. The van der Waals surface area contributed by atoms with E-state index in [0.29, 0.717) is 0 Å². The van der Waals surface area contributed by atoms with E-state index < -0.39 is 0 Å². The highest BCUT2D eigenvalue weighted by Gasteiger charge is 2.20. The predicted molar refractivity (Wildman–Crippen MR) is 67.1 cm³/mol. The Morgan fingerprint density at radius 3 is 2.71 bits per heavy atom. The molecule has 1 aromatic rings. The van der Waals surface area contributed by atoms with Gasteiger partial charge in [0.1, 0.15) is 0 Å². The van der Waals surface area contributed by atoms with Gasteiger partial charge in [-0.15, -0.1) is 0 Å². The molecule has 0 fully saturated rings.